The molecule has 0 radical (unpaired) electrons. The van der Waals surface area contributed by atoms with E-state index in [0.717, 1.165) is 0 Å². The molecule has 2 aliphatic heterocycles. The average molecular weight is 353 g/mol. The van der Waals surface area contributed by atoms with Gasteiger partial charge in [0.05, 0.1) is 30.5 Å². The Kier molecular flexibility index (Phi) is 4.03. The zero-order valence-electron chi connectivity index (χ0n) is 14.4. The maximum absolute atomic E-state index is 12.4. The van der Waals surface area contributed by atoms with Gasteiger partial charge in [-0.2, -0.15) is 0 Å². The summed E-state index contributed by atoms with van der Waals surface area (Å²) >= 11 is 0. The number of likely N-dealkylation sites (tertiary alicyclic amines) is 1. The summed E-state index contributed by atoms with van der Waals surface area (Å²) in [6, 6.07) is 0.294. The largest absolute Gasteiger partial charge is 0.339 e. The molecule has 1 spiro atoms. The van der Waals surface area contributed by atoms with Crippen LogP contribution in [0.2, 0.25) is 0 Å². The number of nitrogens with zero attached hydrogens (tertiary/aromatic N) is 5. The van der Waals surface area contributed by atoms with Crippen molar-refractivity contribution < 1.29 is 13.2 Å². The van der Waals surface area contributed by atoms with Gasteiger partial charge in [-0.25, -0.2) is 13.4 Å². The maximum atomic E-state index is 12.4. The Hall–Kier alpha value is -1.74. The Bertz CT molecular complexity index is 758. The number of fused-ring (bicyclic) bond motifs is 2. The van der Waals surface area contributed by atoms with Crippen molar-refractivity contribution in [2.45, 2.75) is 25.3 Å². The SMILES string of the molecule is CC(C)N(C)CC(=O)N1CC2(C1)CN(S(C)(=O)=O)c1nccnc12. The van der Waals surface area contributed by atoms with E-state index in [1.165, 1.54) is 16.8 Å². The fraction of sp³-hybridized carbons (Fsp3) is 0.667. The Balaban J connectivity index is 1.77. The van der Waals surface area contributed by atoms with Gasteiger partial charge in [0.15, 0.2) is 5.82 Å². The van der Waals surface area contributed by atoms with Gasteiger partial charge in [-0.05, 0) is 20.9 Å². The highest BCUT2D eigenvalue weighted by Crippen LogP contribution is 2.44. The predicted octanol–water partition coefficient (Wildman–Crippen LogP) is -0.324. The summed E-state index contributed by atoms with van der Waals surface area (Å²) in [6.45, 7) is 5.70. The van der Waals surface area contributed by atoms with Crippen LogP contribution in [0.1, 0.15) is 19.5 Å². The lowest BCUT2D eigenvalue weighted by Gasteiger charge is -2.47. The van der Waals surface area contributed by atoms with E-state index in [1.807, 2.05) is 25.8 Å². The third kappa shape index (κ3) is 2.75. The van der Waals surface area contributed by atoms with E-state index in [4.69, 9.17) is 0 Å². The third-order valence-corrected chi connectivity index (χ3v) is 5.97. The van der Waals surface area contributed by atoms with Crippen molar-refractivity contribution >= 4 is 21.7 Å². The molecule has 9 heteroatoms. The highest BCUT2D eigenvalue weighted by molar-refractivity contribution is 7.92. The van der Waals surface area contributed by atoms with E-state index in [9.17, 15) is 13.2 Å². The van der Waals surface area contributed by atoms with E-state index in [0.29, 0.717) is 43.7 Å². The number of hydrogen-bond acceptors (Lipinski definition) is 6. The van der Waals surface area contributed by atoms with Gasteiger partial charge in [0, 0.05) is 31.5 Å². The molecule has 0 atom stereocenters. The molecule has 1 fully saturated rings. The van der Waals surface area contributed by atoms with E-state index < -0.39 is 15.4 Å². The van der Waals surface area contributed by atoms with Gasteiger partial charge in [-0.15, -0.1) is 0 Å². The Morgan fingerprint density at radius 2 is 1.92 bits per heavy atom. The summed E-state index contributed by atoms with van der Waals surface area (Å²) in [5.74, 6) is 0.450. The first-order valence-electron chi connectivity index (χ1n) is 7.91. The third-order valence-electron chi connectivity index (χ3n) is 4.87. The molecule has 0 N–H and O–H groups in total. The fourth-order valence-electron chi connectivity index (χ4n) is 3.19. The molecule has 8 nitrogen and oxygen atoms in total. The molecule has 1 saturated heterocycles. The number of carbonyl (C=O) groups is 1. The molecule has 3 rings (SSSR count). The zero-order valence-corrected chi connectivity index (χ0v) is 15.2. The highest BCUT2D eigenvalue weighted by Gasteiger charge is 2.56. The van der Waals surface area contributed by atoms with Crippen LogP contribution in [0.5, 0.6) is 0 Å². The summed E-state index contributed by atoms with van der Waals surface area (Å²) in [5, 5.41) is 0. The monoisotopic (exact) mass is 353 g/mol. The van der Waals surface area contributed by atoms with Crippen LogP contribution in [-0.4, -0.2) is 79.6 Å². The normalized spacial score (nSPS) is 19.1. The van der Waals surface area contributed by atoms with Crippen molar-refractivity contribution in [3.8, 4) is 0 Å². The summed E-state index contributed by atoms with van der Waals surface area (Å²) in [5.41, 5.74) is 0.246. The van der Waals surface area contributed by atoms with Crippen molar-refractivity contribution in [2.24, 2.45) is 0 Å². The van der Waals surface area contributed by atoms with Gasteiger partial charge in [0.2, 0.25) is 15.9 Å². The molecule has 1 aromatic heterocycles. The molecule has 24 heavy (non-hydrogen) atoms. The van der Waals surface area contributed by atoms with Crippen LogP contribution in [-0.2, 0) is 20.2 Å². The van der Waals surface area contributed by atoms with Gasteiger partial charge in [-0.3, -0.25) is 19.0 Å². The molecular weight excluding hydrogens is 330 g/mol. The minimum absolute atomic E-state index is 0.0556. The van der Waals surface area contributed by atoms with Crippen LogP contribution in [0.3, 0.4) is 0 Å². The van der Waals surface area contributed by atoms with E-state index in [2.05, 4.69) is 9.97 Å². The van der Waals surface area contributed by atoms with Gasteiger partial charge in [-0.1, -0.05) is 0 Å². The van der Waals surface area contributed by atoms with Crippen molar-refractivity contribution in [1.29, 1.82) is 0 Å². The van der Waals surface area contributed by atoms with Gasteiger partial charge >= 0.3 is 0 Å². The van der Waals surface area contributed by atoms with Crippen molar-refractivity contribution in [1.82, 2.24) is 19.8 Å². The van der Waals surface area contributed by atoms with E-state index in [-0.39, 0.29) is 5.91 Å². The second-order valence-corrected chi connectivity index (χ2v) is 8.94. The number of hydrogen-bond donors (Lipinski definition) is 0. The lowest BCUT2D eigenvalue weighted by atomic mass is 9.78. The summed E-state index contributed by atoms with van der Waals surface area (Å²) in [6.07, 6.45) is 4.24. The van der Waals surface area contributed by atoms with Crippen molar-refractivity contribution in [3.63, 3.8) is 0 Å². The molecule has 3 heterocycles. The van der Waals surface area contributed by atoms with Crippen LogP contribution in [0, 0.1) is 0 Å². The van der Waals surface area contributed by atoms with Crippen molar-refractivity contribution in [3.05, 3.63) is 18.1 Å². The average Bonchev–Trinajstić information content (AvgIpc) is 2.81. The molecule has 0 bridgehead atoms. The van der Waals surface area contributed by atoms with Gasteiger partial charge in [0.1, 0.15) is 0 Å². The first kappa shape index (κ1) is 17.1. The number of aromatic nitrogens is 2. The van der Waals surface area contributed by atoms with E-state index in [1.54, 1.807) is 11.1 Å². The molecule has 2 aliphatic rings. The molecule has 1 aromatic rings. The quantitative estimate of drug-likeness (QED) is 0.737. The Morgan fingerprint density at radius 3 is 2.50 bits per heavy atom. The highest BCUT2D eigenvalue weighted by atomic mass is 32.2. The second kappa shape index (κ2) is 5.66. The number of likely N-dealkylation sites (N-methyl/N-ethyl adjacent to an activating group) is 1. The molecule has 0 aliphatic carbocycles. The van der Waals surface area contributed by atoms with Crippen LogP contribution in [0.25, 0.3) is 0 Å². The predicted molar refractivity (Wildman–Crippen MR) is 90.2 cm³/mol. The molecule has 1 amide bonds. The number of rotatable bonds is 4. The number of carbonyl (C=O) groups excluding carboxylic acids is 1. The smallest absolute Gasteiger partial charge is 0.236 e. The molecular formula is C15H23N5O3S. The fourth-order valence-corrected chi connectivity index (χ4v) is 4.12. The lowest BCUT2D eigenvalue weighted by Crippen LogP contribution is -2.64. The minimum Gasteiger partial charge on any atom is -0.339 e. The number of sulfonamides is 1. The maximum Gasteiger partial charge on any atom is 0.236 e. The molecule has 0 unspecified atom stereocenters. The molecule has 0 saturated carbocycles. The standard InChI is InChI=1S/C15H23N5O3S/c1-11(2)18(3)7-12(21)19-8-15(9-19)10-20(24(4,22)23)14-13(15)16-5-6-17-14/h5-6,11H,7-10H2,1-4H3. The van der Waals surface area contributed by atoms with Gasteiger partial charge < -0.3 is 4.90 Å². The molecule has 0 aromatic carbocycles. The lowest BCUT2D eigenvalue weighted by molar-refractivity contribution is -0.139. The van der Waals surface area contributed by atoms with Crippen LogP contribution < -0.4 is 4.31 Å². The minimum atomic E-state index is -3.41. The van der Waals surface area contributed by atoms with E-state index >= 15 is 0 Å². The zero-order chi connectivity index (χ0) is 17.7. The molecule has 132 valence electrons. The summed E-state index contributed by atoms with van der Waals surface area (Å²) < 4.78 is 25.4. The second-order valence-electron chi connectivity index (χ2n) is 7.04. The topological polar surface area (TPSA) is 86.7 Å². The van der Waals surface area contributed by atoms with Gasteiger partial charge in [0.25, 0.3) is 0 Å². The first-order valence-corrected chi connectivity index (χ1v) is 9.76. The van der Waals surface area contributed by atoms with Crippen LogP contribution >= 0.6 is 0 Å². The van der Waals surface area contributed by atoms with Crippen LogP contribution in [0.15, 0.2) is 12.4 Å². The number of amides is 1. The summed E-state index contributed by atoms with van der Waals surface area (Å²) in [7, 11) is -1.50. The number of anilines is 1. The van der Waals surface area contributed by atoms with Crippen molar-refractivity contribution in [2.75, 3.05) is 43.8 Å². The first-order chi connectivity index (χ1) is 11.1. The Morgan fingerprint density at radius 1 is 1.29 bits per heavy atom. The van der Waals surface area contributed by atoms with Crippen LogP contribution in [0.4, 0.5) is 5.82 Å². The Labute approximate surface area is 142 Å². The summed E-state index contributed by atoms with van der Waals surface area (Å²) in [4.78, 5) is 24.7.